The summed E-state index contributed by atoms with van der Waals surface area (Å²) in [4.78, 5) is 27.4. The Kier molecular flexibility index (Phi) is 4.88. The number of piperidine rings is 1. The Morgan fingerprint density at radius 1 is 1.11 bits per heavy atom. The molecule has 1 saturated heterocycles. The zero-order chi connectivity index (χ0) is 20.1. The number of ketones is 1. The number of rotatable bonds is 1. The van der Waals surface area contributed by atoms with Crippen molar-refractivity contribution in [2.45, 2.75) is 38.7 Å². The van der Waals surface area contributed by atoms with Crippen LogP contribution in [0.1, 0.15) is 51.1 Å². The van der Waals surface area contributed by atoms with E-state index in [1.54, 1.807) is 23.1 Å². The van der Waals surface area contributed by atoms with Gasteiger partial charge in [0.2, 0.25) is 0 Å². The molecule has 2 heterocycles. The van der Waals surface area contributed by atoms with Crippen LogP contribution in [0, 0.1) is 13.8 Å². The van der Waals surface area contributed by atoms with Crippen LogP contribution in [0.5, 0.6) is 5.75 Å². The molecule has 0 N–H and O–H groups in total. The molecule has 2 aliphatic rings. The first-order valence-corrected chi connectivity index (χ1v) is 10.1. The van der Waals surface area contributed by atoms with Crippen LogP contribution in [0.2, 0.25) is 10.0 Å². The highest BCUT2D eigenvalue weighted by Gasteiger charge is 2.44. The lowest BCUT2D eigenvalue weighted by molar-refractivity contribution is -0.00580. The molecular weight excluding hydrogens is 397 g/mol. The molecule has 1 amide bonds. The summed E-state index contributed by atoms with van der Waals surface area (Å²) in [5, 5.41) is 0.864. The highest BCUT2D eigenvalue weighted by Crippen LogP contribution is 2.41. The largest absolute Gasteiger partial charge is 0.486 e. The van der Waals surface area contributed by atoms with Crippen molar-refractivity contribution in [2.24, 2.45) is 0 Å². The van der Waals surface area contributed by atoms with E-state index < -0.39 is 5.60 Å². The van der Waals surface area contributed by atoms with E-state index in [1.165, 1.54) is 0 Å². The molecule has 0 radical (unpaired) electrons. The molecular formula is C22H21Cl2NO3. The number of carbonyl (C=O) groups excluding carboxylic acids is 2. The van der Waals surface area contributed by atoms with Crippen molar-refractivity contribution in [3.05, 3.63) is 62.6 Å². The van der Waals surface area contributed by atoms with Gasteiger partial charge in [0.1, 0.15) is 11.4 Å². The molecule has 0 unspecified atom stereocenters. The highest BCUT2D eigenvalue weighted by molar-refractivity contribution is 6.35. The van der Waals surface area contributed by atoms with Crippen LogP contribution in [0.4, 0.5) is 0 Å². The number of benzene rings is 2. The van der Waals surface area contributed by atoms with Gasteiger partial charge >= 0.3 is 0 Å². The quantitative estimate of drug-likeness (QED) is 0.636. The van der Waals surface area contributed by atoms with Crippen molar-refractivity contribution in [1.29, 1.82) is 0 Å². The predicted molar refractivity (Wildman–Crippen MR) is 110 cm³/mol. The van der Waals surface area contributed by atoms with E-state index in [-0.39, 0.29) is 11.7 Å². The van der Waals surface area contributed by atoms with E-state index in [0.717, 1.165) is 11.1 Å². The van der Waals surface area contributed by atoms with Gasteiger partial charge in [-0.2, -0.15) is 0 Å². The van der Waals surface area contributed by atoms with Gasteiger partial charge in [-0.3, -0.25) is 9.59 Å². The Morgan fingerprint density at radius 3 is 2.54 bits per heavy atom. The molecule has 1 fully saturated rings. The molecule has 0 bridgehead atoms. The normalized spacial score (nSPS) is 18.0. The number of fused-ring (bicyclic) bond motifs is 1. The predicted octanol–water partition coefficient (Wildman–Crippen LogP) is 5.25. The van der Waals surface area contributed by atoms with Crippen molar-refractivity contribution >= 4 is 34.9 Å². The summed E-state index contributed by atoms with van der Waals surface area (Å²) in [6.45, 7) is 4.96. The van der Waals surface area contributed by atoms with E-state index in [2.05, 4.69) is 0 Å². The molecule has 146 valence electrons. The first kappa shape index (κ1) is 19.3. The highest BCUT2D eigenvalue weighted by atomic mass is 35.5. The molecule has 2 aromatic rings. The molecule has 1 spiro atoms. The third-order valence-electron chi connectivity index (χ3n) is 5.65. The van der Waals surface area contributed by atoms with E-state index in [9.17, 15) is 9.59 Å². The number of hydrogen-bond acceptors (Lipinski definition) is 3. The van der Waals surface area contributed by atoms with Crippen molar-refractivity contribution in [1.82, 2.24) is 4.90 Å². The number of Topliss-reactive ketones (excluding diaryl/α,β-unsaturated/α-hetero) is 1. The van der Waals surface area contributed by atoms with Gasteiger partial charge in [-0.05, 0) is 49.2 Å². The SMILES string of the molecule is Cc1cc(C)c2c(c1)OC1(CCN(C(=O)c3cc(Cl)ccc3Cl)CC1)CC2=O. The first-order chi connectivity index (χ1) is 13.3. The third kappa shape index (κ3) is 3.40. The number of carbonyl (C=O) groups is 2. The van der Waals surface area contributed by atoms with Gasteiger partial charge < -0.3 is 9.64 Å². The molecule has 0 saturated carbocycles. The van der Waals surface area contributed by atoms with Crippen LogP contribution in [-0.2, 0) is 0 Å². The molecule has 4 rings (SSSR count). The second-order valence-corrected chi connectivity index (χ2v) is 8.60. The molecule has 0 aliphatic carbocycles. The number of hydrogen-bond donors (Lipinski definition) is 0. The summed E-state index contributed by atoms with van der Waals surface area (Å²) in [6.07, 6.45) is 1.56. The summed E-state index contributed by atoms with van der Waals surface area (Å²) in [5.74, 6) is 0.652. The minimum Gasteiger partial charge on any atom is -0.486 e. The van der Waals surface area contributed by atoms with Gasteiger partial charge in [-0.25, -0.2) is 0 Å². The summed E-state index contributed by atoms with van der Waals surface area (Å²) in [6, 6.07) is 8.83. The zero-order valence-electron chi connectivity index (χ0n) is 15.9. The van der Waals surface area contributed by atoms with Gasteiger partial charge in [0, 0.05) is 31.0 Å². The van der Waals surface area contributed by atoms with Crippen LogP contribution in [0.15, 0.2) is 30.3 Å². The molecule has 2 aliphatic heterocycles. The maximum absolute atomic E-state index is 12.9. The lowest BCUT2D eigenvalue weighted by Crippen LogP contribution is -2.52. The summed E-state index contributed by atoms with van der Waals surface area (Å²) in [5.41, 5.74) is 2.59. The molecule has 28 heavy (non-hydrogen) atoms. The number of likely N-dealkylation sites (tertiary alicyclic amines) is 1. The number of aryl methyl sites for hydroxylation is 2. The van der Waals surface area contributed by atoms with Crippen molar-refractivity contribution in [3.8, 4) is 5.75 Å². The Hall–Kier alpha value is -2.04. The van der Waals surface area contributed by atoms with Gasteiger partial charge in [-0.1, -0.05) is 29.3 Å². The Bertz CT molecular complexity index is 978. The van der Waals surface area contributed by atoms with E-state index >= 15 is 0 Å². The van der Waals surface area contributed by atoms with Gasteiger partial charge in [0.25, 0.3) is 5.91 Å². The maximum atomic E-state index is 12.9. The van der Waals surface area contributed by atoms with Gasteiger partial charge in [0.05, 0.1) is 22.6 Å². The fourth-order valence-corrected chi connectivity index (χ4v) is 4.62. The lowest BCUT2D eigenvalue weighted by atomic mass is 9.81. The summed E-state index contributed by atoms with van der Waals surface area (Å²) < 4.78 is 6.36. The maximum Gasteiger partial charge on any atom is 0.255 e. The van der Waals surface area contributed by atoms with Crippen LogP contribution in [0.3, 0.4) is 0 Å². The molecule has 0 atom stereocenters. The van der Waals surface area contributed by atoms with Gasteiger partial charge in [-0.15, -0.1) is 0 Å². The second kappa shape index (κ2) is 7.09. The zero-order valence-corrected chi connectivity index (χ0v) is 17.4. The Labute approximate surface area is 174 Å². The van der Waals surface area contributed by atoms with E-state index in [0.29, 0.717) is 59.3 Å². The average Bonchev–Trinajstić information content (AvgIpc) is 2.62. The number of ether oxygens (including phenoxy) is 1. The van der Waals surface area contributed by atoms with E-state index in [4.69, 9.17) is 27.9 Å². The van der Waals surface area contributed by atoms with Crippen molar-refractivity contribution in [3.63, 3.8) is 0 Å². The third-order valence-corrected chi connectivity index (χ3v) is 6.22. The minimum absolute atomic E-state index is 0.122. The summed E-state index contributed by atoms with van der Waals surface area (Å²) in [7, 11) is 0. The Morgan fingerprint density at radius 2 is 1.82 bits per heavy atom. The summed E-state index contributed by atoms with van der Waals surface area (Å²) >= 11 is 12.2. The number of halogens is 2. The van der Waals surface area contributed by atoms with Crippen LogP contribution in [0.25, 0.3) is 0 Å². The van der Waals surface area contributed by atoms with Crippen LogP contribution < -0.4 is 4.74 Å². The monoisotopic (exact) mass is 417 g/mol. The molecule has 2 aromatic carbocycles. The topological polar surface area (TPSA) is 46.6 Å². The van der Waals surface area contributed by atoms with Crippen LogP contribution in [-0.4, -0.2) is 35.3 Å². The average molecular weight is 418 g/mol. The lowest BCUT2D eigenvalue weighted by Gasteiger charge is -2.44. The second-order valence-electron chi connectivity index (χ2n) is 7.76. The number of nitrogens with zero attached hydrogens (tertiary/aromatic N) is 1. The molecule has 6 heteroatoms. The Balaban J connectivity index is 1.53. The number of amides is 1. The van der Waals surface area contributed by atoms with Gasteiger partial charge in [0.15, 0.2) is 5.78 Å². The van der Waals surface area contributed by atoms with E-state index in [1.807, 2.05) is 26.0 Å². The standard InChI is InChI=1S/C22H21Cl2NO3/c1-13-9-14(2)20-18(26)12-22(28-19(20)10-13)5-7-25(8-6-22)21(27)16-11-15(23)3-4-17(16)24/h3-4,9-11H,5-8,12H2,1-2H3. The fraction of sp³-hybridized carbons (Fsp3) is 0.364. The van der Waals surface area contributed by atoms with Crippen molar-refractivity contribution in [2.75, 3.05) is 13.1 Å². The molecule has 0 aromatic heterocycles. The smallest absolute Gasteiger partial charge is 0.255 e. The van der Waals surface area contributed by atoms with Crippen LogP contribution >= 0.6 is 23.2 Å². The molecule has 4 nitrogen and oxygen atoms in total. The first-order valence-electron chi connectivity index (χ1n) is 9.36. The van der Waals surface area contributed by atoms with Crippen molar-refractivity contribution < 1.29 is 14.3 Å². The minimum atomic E-state index is -0.542. The fourth-order valence-electron chi connectivity index (χ4n) is 4.24.